The molecule has 6 N–H and O–H groups in total. The summed E-state index contributed by atoms with van der Waals surface area (Å²) in [6.45, 7) is 2.74. The van der Waals surface area contributed by atoms with Crippen molar-refractivity contribution in [2.45, 2.75) is 57.2 Å². The lowest BCUT2D eigenvalue weighted by Gasteiger charge is -2.40. The molecule has 0 unspecified atom stereocenters. The fourth-order valence-corrected chi connectivity index (χ4v) is 3.55. The number of carbonyl (C=O) groups excluding carboxylic acids is 1. The van der Waals surface area contributed by atoms with E-state index in [1.807, 2.05) is 0 Å². The number of nitrogens with one attached hydrogen (secondary N) is 1. The van der Waals surface area contributed by atoms with Crippen molar-refractivity contribution in [1.82, 2.24) is 10.6 Å². The molecular weight excluding hydrogens is 660 g/mol. The van der Waals surface area contributed by atoms with Crippen molar-refractivity contribution < 1.29 is 89.7 Å². The van der Waals surface area contributed by atoms with E-state index >= 15 is 0 Å². The molecule has 1 aliphatic heterocycles. The van der Waals surface area contributed by atoms with Gasteiger partial charge >= 0.3 is 0 Å². The topological polar surface area (TPSA) is 235 Å². The predicted octanol–water partition coefficient (Wildman–Crippen LogP) is 0.777. The van der Waals surface area contributed by atoms with E-state index < -0.39 is 37.1 Å². The highest BCUT2D eigenvalue weighted by Gasteiger charge is 2.43. The normalized spacial score (nSPS) is 18.9. The van der Waals surface area contributed by atoms with Crippen molar-refractivity contribution in [3.63, 3.8) is 0 Å². The molecule has 2 rings (SSSR count). The van der Waals surface area contributed by atoms with E-state index in [0.29, 0.717) is 17.7 Å². The third kappa shape index (κ3) is 20.4. The number of hydrogen-bond donors (Lipinski definition) is 7. The van der Waals surface area contributed by atoms with E-state index in [2.05, 4.69) is 128 Å². The summed E-state index contributed by atoms with van der Waals surface area (Å²) in [6.07, 6.45) is 1.69. The number of ketones is 1. The third-order valence-electron chi connectivity index (χ3n) is 4.51. The minimum atomic E-state index is -1.36. The van der Waals surface area contributed by atoms with Gasteiger partial charge in [0, 0.05) is 42.4 Å². The first kappa shape index (κ1) is 42.4. The van der Waals surface area contributed by atoms with E-state index in [1.165, 1.54) is 30.1 Å². The molecule has 20 heteroatoms. The average molecular weight is 701 g/mol. The van der Waals surface area contributed by atoms with Gasteiger partial charge in [-0.3, -0.25) is 4.79 Å². The summed E-state index contributed by atoms with van der Waals surface area (Å²) in [4.78, 5) is 23.2. The molecule has 0 radical (unpaired) electrons. The maximum atomic E-state index is 11.2. The van der Waals surface area contributed by atoms with Gasteiger partial charge in [0.2, 0.25) is 0 Å². The number of Topliss-reactive ketones (excluding diaryl/α,β-unsaturated/α-hetero) is 1. The molecule has 1 fully saturated rings. The van der Waals surface area contributed by atoms with Crippen molar-refractivity contribution in [1.29, 1.82) is 0 Å². The second kappa shape index (κ2) is 28.8. The molecule has 18 nitrogen and oxygen atoms in total. The summed E-state index contributed by atoms with van der Waals surface area (Å²) in [5, 5.41) is 66.9. The van der Waals surface area contributed by atoms with Crippen LogP contribution in [-0.4, -0.2) is 73.6 Å². The number of terminal acetylenes is 1. The van der Waals surface area contributed by atoms with Gasteiger partial charge in [-0.05, 0) is 108 Å². The van der Waals surface area contributed by atoms with Crippen LogP contribution in [0.25, 0.3) is 0 Å². The second-order valence-electron chi connectivity index (χ2n) is 7.34. The fourth-order valence-electron chi connectivity index (χ4n) is 2.69. The Morgan fingerprint density at radius 1 is 0.978 bits per heavy atom. The Morgan fingerprint density at radius 2 is 1.57 bits per heavy atom. The van der Waals surface area contributed by atoms with Crippen LogP contribution in [0.4, 0.5) is 0 Å². The summed E-state index contributed by atoms with van der Waals surface area (Å²) in [5.74, 6) is 26.9. The van der Waals surface area contributed by atoms with Crippen LogP contribution in [-0.2, 0) is 55.7 Å². The predicted molar refractivity (Wildman–Crippen MR) is 167 cm³/mol. The number of aliphatic hydroxyl groups is 4. The third-order valence-corrected chi connectivity index (χ3v) is 5.73. The molecule has 0 aliphatic carbocycles. The van der Waals surface area contributed by atoms with Crippen molar-refractivity contribution in [3.05, 3.63) is 16.1 Å². The maximum absolute atomic E-state index is 11.2. The van der Waals surface area contributed by atoms with E-state index in [4.69, 9.17) is 21.5 Å². The van der Waals surface area contributed by atoms with Gasteiger partial charge in [-0.1, -0.05) is 15.9 Å². The lowest BCUT2D eigenvalue weighted by Crippen LogP contribution is -2.58. The molecule has 1 aliphatic rings. The molecular formula is C26H40N2O16S2. The van der Waals surface area contributed by atoms with Crippen LogP contribution < -0.4 is 5.64 Å². The first-order valence-electron chi connectivity index (χ1n) is 11.9. The molecule has 46 heavy (non-hydrogen) atoms. The van der Waals surface area contributed by atoms with Gasteiger partial charge in [0.25, 0.3) is 0 Å². The maximum Gasteiger partial charge on any atom is 0.171 e. The molecule has 1 saturated heterocycles. The Labute approximate surface area is 282 Å². The number of thiol groups is 1. The number of aryl methyl sites for hydroxylation is 1. The highest BCUT2D eigenvalue weighted by Crippen LogP contribution is 2.25. The van der Waals surface area contributed by atoms with Crippen molar-refractivity contribution in [2.24, 2.45) is 0 Å². The van der Waals surface area contributed by atoms with Crippen LogP contribution >= 0.6 is 24.2 Å². The van der Waals surface area contributed by atoms with Crippen LogP contribution in [0.1, 0.15) is 44.9 Å². The number of nitrogens with zero attached hydrogens (tertiary/aromatic N) is 1. The molecule has 0 saturated carbocycles. The summed E-state index contributed by atoms with van der Waals surface area (Å²) >= 11 is 4.35. The smallest absolute Gasteiger partial charge is 0.171 e. The van der Waals surface area contributed by atoms with E-state index in [-0.39, 0.29) is 15.8 Å². The van der Waals surface area contributed by atoms with Crippen LogP contribution in [0.2, 0.25) is 0 Å². The molecule has 1 aromatic rings. The second-order valence-corrected chi connectivity index (χ2v) is 8.60. The molecule has 1 aromatic heterocycles. The Balaban J connectivity index is -0.0000000942. The standard InChI is InChI=1S/C13H19NO6S.C13H4.H3NO10S.7H2/c1-6(16)9-4-14-10(21-9)3-2-7-11(17)13(19)12(18)8(5-15)20-7;1-3-5-7-9-11-13-12-10-8-6-4-2;2-5-8-6-3-1-4-7-9-10-11-12;;;;;;;/h4,7-8,11-13,15,17-19H,2-3,5H2,1H3;1H,2H3;1-2,12H;7*1H/t7-,8-,11-,12-,13-;;;;;;;;;/m1........./s1. The first-order chi connectivity index (χ1) is 22.3. The van der Waals surface area contributed by atoms with E-state index in [1.54, 1.807) is 6.92 Å². The average Bonchev–Trinajstić information content (AvgIpc) is 3.54. The molecule has 0 bridgehead atoms. The lowest BCUT2D eigenvalue weighted by atomic mass is 9.93. The highest BCUT2D eigenvalue weighted by molar-refractivity contribution is 7.74. The number of ether oxygens (including phenoxy) is 1. The molecule has 2 heterocycles. The van der Waals surface area contributed by atoms with Gasteiger partial charge in [-0.25, -0.2) is 10.2 Å². The molecule has 262 valence electrons. The largest absolute Gasteiger partial charge is 0.394 e. The number of thiazole rings is 1. The quantitative estimate of drug-likeness (QED) is 0.0270. The number of hydrogen-bond acceptors (Lipinski definition) is 20. The Kier molecular flexibility index (Phi) is 26.5. The minimum Gasteiger partial charge on any atom is -0.394 e. The SMILES string of the molecule is C#CC#CC#CC#CC#CC#CC.CC(=O)c1cnc(CC[C@H]2O[C@H](CO)[C@@H](O)[C@H](O)[C@@H]2O)s1.OOOOONOOOOOS.[HH].[HH].[HH].[HH].[HH].[HH].[HH]. The fraction of sp³-hybridized carbons (Fsp3) is 0.385. The van der Waals surface area contributed by atoms with Crippen molar-refractivity contribution in [2.75, 3.05) is 6.61 Å². The first-order valence-corrected chi connectivity index (χ1v) is 13.1. The molecule has 5 atom stereocenters. The summed E-state index contributed by atoms with van der Waals surface area (Å²) < 4.78 is 8.98. The van der Waals surface area contributed by atoms with Crippen molar-refractivity contribution >= 4 is 30.0 Å². The van der Waals surface area contributed by atoms with Gasteiger partial charge < -0.3 is 25.2 Å². The zero-order chi connectivity index (χ0) is 34.4. The zero-order valence-corrected chi connectivity index (χ0v) is 25.4. The number of carbonyl (C=O) groups is 1. The Bertz CT molecular complexity index is 1390. The zero-order valence-electron chi connectivity index (χ0n) is 23.7. The van der Waals surface area contributed by atoms with Gasteiger partial charge in [0.05, 0.1) is 22.6 Å². The van der Waals surface area contributed by atoms with Gasteiger partial charge in [-0.15, -0.1) is 22.1 Å². The van der Waals surface area contributed by atoms with Crippen LogP contribution in [0.3, 0.4) is 0 Å². The van der Waals surface area contributed by atoms with Crippen LogP contribution in [0.15, 0.2) is 6.20 Å². The molecule has 0 amide bonds. The van der Waals surface area contributed by atoms with Crippen LogP contribution in [0.5, 0.6) is 0 Å². The molecule has 0 aromatic carbocycles. The number of aliphatic hydroxyl groups excluding tert-OH is 4. The van der Waals surface area contributed by atoms with E-state index in [0.717, 1.165) is 5.01 Å². The van der Waals surface area contributed by atoms with Gasteiger partial charge in [-0.2, -0.15) is 0 Å². The highest BCUT2D eigenvalue weighted by atomic mass is 32.1. The Hall–Kier alpha value is -3.63. The number of rotatable bonds is 14. The van der Waals surface area contributed by atoms with Gasteiger partial charge in [0.15, 0.2) is 5.78 Å². The minimum absolute atomic E-state index is 0. The number of aromatic nitrogens is 1. The Morgan fingerprint density at radius 3 is 2.09 bits per heavy atom. The summed E-state index contributed by atoms with van der Waals surface area (Å²) in [5.41, 5.74) is 1.43. The van der Waals surface area contributed by atoms with Crippen molar-refractivity contribution in [3.8, 4) is 71.5 Å². The monoisotopic (exact) mass is 700 g/mol. The van der Waals surface area contributed by atoms with Gasteiger partial charge in [0.1, 0.15) is 24.4 Å². The summed E-state index contributed by atoms with van der Waals surface area (Å²) in [6, 6.07) is 0. The summed E-state index contributed by atoms with van der Waals surface area (Å²) in [7, 11) is 0. The van der Waals surface area contributed by atoms with E-state index in [9.17, 15) is 20.1 Å². The lowest BCUT2D eigenvalue weighted by molar-refractivity contribution is -0.754. The van der Waals surface area contributed by atoms with Crippen LogP contribution in [0, 0.1) is 71.5 Å². The molecule has 0 spiro atoms.